The molecule has 0 saturated heterocycles. The van der Waals surface area contributed by atoms with Gasteiger partial charge in [-0.1, -0.05) is 12.1 Å². The van der Waals surface area contributed by atoms with Crippen LogP contribution in [0, 0.1) is 5.92 Å². The molecule has 0 aromatic heterocycles. The molecule has 1 aliphatic rings. The number of benzene rings is 1. The van der Waals surface area contributed by atoms with Crippen LogP contribution in [0.5, 0.6) is 5.75 Å². The number of anilines is 1. The van der Waals surface area contributed by atoms with Crippen molar-refractivity contribution in [2.24, 2.45) is 5.92 Å². The largest absolute Gasteiger partial charge is 0.490 e. The van der Waals surface area contributed by atoms with Crippen molar-refractivity contribution in [2.45, 2.75) is 25.4 Å². The lowest BCUT2D eigenvalue weighted by atomic mass is 10.1. The van der Waals surface area contributed by atoms with Crippen molar-refractivity contribution in [1.29, 1.82) is 0 Å². The van der Waals surface area contributed by atoms with Crippen molar-refractivity contribution in [1.82, 2.24) is 4.72 Å². The minimum atomic E-state index is -3.37. The van der Waals surface area contributed by atoms with Gasteiger partial charge in [0.15, 0.2) is 0 Å². The Morgan fingerprint density at radius 2 is 2.10 bits per heavy atom. The topological polar surface area (TPSA) is 102 Å². The third-order valence-corrected chi connectivity index (χ3v) is 4.94. The molecule has 0 radical (unpaired) electrons. The summed E-state index contributed by atoms with van der Waals surface area (Å²) in [5.41, 5.74) is 6.20. The lowest BCUT2D eigenvalue weighted by molar-refractivity contribution is 0.178. The van der Waals surface area contributed by atoms with Crippen molar-refractivity contribution < 1.29 is 18.3 Å². The molecule has 0 spiro atoms. The van der Waals surface area contributed by atoms with Gasteiger partial charge in [-0.3, -0.25) is 0 Å². The highest BCUT2D eigenvalue weighted by molar-refractivity contribution is 7.89. The van der Waals surface area contributed by atoms with Crippen molar-refractivity contribution in [3.05, 3.63) is 24.3 Å². The summed E-state index contributed by atoms with van der Waals surface area (Å²) >= 11 is 0. The Morgan fingerprint density at radius 1 is 1.33 bits per heavy atom. The van der Waals surface area contributed by atoms with Gasteiger partial charge < -0.3 is 15.6 Å². The zero-order valence-electron chi connectivity index (χ0n) is 11.9. The van der Waals surface area contributed by atoms with Gasteiger partial charge in [0.25, 0.3) is 0 Å². The number of rotatable bonds is 7. The SMILES string of the molecule is Nc1ccccc1OCCS(=O)(=O)NCC1CCC(O)C1. The molecule has 0 aliphatic heterocycles. The fourth-order valence-corrected chi connectivity index (χ4v) is 3.36. The normalized spacial score (nSPS) is 22.3. The number of sulfonamides is 1. The smallest absolute Gasteiger partial charge is 0.214 e. The van der Waals surface area contributed by atoms with Crippen LogP contribution in [0.1, 0.15) is 19.3 Å². The van der Waals surface area contributed by atoms with E-state index in [-0.39, 0.29) is 24.4 Å². The number of nitrogen functional groups attached to an aromatic ring is 1. The third-order valence-electron chi connectivity index (χ3n) is 3.63. The Bertz CT molecular complexity index is 562. The highest BCUT2D eigenvalue weighted by atomic mass is 32.2. The first kappa shape index (κ1) is 16.1. The van der Waals surface area contributed by atoms with Gasteiger partial charge in [-0.2, -0.15) is 0 Å². The van der Waals surface area contributed by atoms with Gasteiger partial charge in [0.1, 0.15) is 12.4 Å². The molecule has 21 heavy (non-hydrogen) atoms. The van der Waals surface area contributed by atoms with E-state index in [2.05, 4.69) is 4.72 Å². The number of hydrogen-bond acceptors (Lipinski definition) is 5. The molecule has 1 aromatic rings. The molecule has 1 aliphatic carbocycles. The molecule has 0 bridgehead atoms. The highest BCUT2D eigenvalue weighted by Gasteiger charge is 2.24. The zero-order chi connectivity index (χ0) is 15.3. The number of nitrogens with one attached hydrogen (secondary N) is 1. The Hall–Kier alpha value is -1.31. The van der Waals surface area contributed by atoms with Gasteiger partial charge in [-0.25, -0.2) is 13.1 Å². The van der Waals surface area contributed by atoms with Crippen LogP contribution in [0.3, 0.4) is 0 Å². The molecule has 1 aromatic carbocycles. The maximum atomic E-state index is 11.9. The minimum Gasteiger partial charge on any atom is -0.490 e. The summed E-state index contributed by atoms with van der Waals surface area (Å²) in [7, 11) is -3.37. The van der Waals surface area contributed by atoms with E-state index in [4.69, 9.17) is 10.5 Å². The summed E-state index contributed by atoms with van der Waals surface area (Å²) in [4.78, 5) is 0. The van der Waals surface area contributed by atoms with Gasteiger partial charge in [-0.05, 0) is 37.3 Å². The Kier molecular flexibility index (Phi) is 5.44. The van der Waals surface area contributed by atoms with Crippen LogP contribution in [0.4, 0.5) is 5.69 Å². The number of ether oxygens (including phenoxy) is 1. The predicted molar refractivity (Wildman–Crippen MR) is 81.5 cm³/mol. The van der Waals surface area contributed by atoms with Crippen molar-refractivity contribution >= 4 is 15.7 Å². The number of aliphatic hydroxyl groups excluding tert-OH is 1. The maximum Gasteiger partial charge on any atom is 0.214 e. The predicted octanol–water partition coefficient (Wildman–Crippen LogP) is 0.728. The van der Waals surface area contributed by atoms with E-state index in [0.29, 0.717) is 24.4 Å². The van der Waals surface area contributed by atoms with Crippen molar-refractivity contribution in [3.8, 4) is 5.75 Å². The minimum absolute atomic E-state index is 0.0524. The van der Waals surface area contributed by atoms with Gasteiger partial charge in [0.2, 0.25) is 10.0 Å². The van der Waals surface area contributed by atoms with Crippen LogP contribution in [0.25, 0.3) is 0 Å². The lowest BCUT2D eigenvalue weighted by Gasteiger charge is -2.12. The van der Waals surface area contributed by atoms with Gasteiger partial charge >= 0.3 is 0 Å². The summed E-state index contributed by atoms with van der Waals surface area (Å²) in [5.74, 6) is 0.600. The first-order chi connectivity index (χ1) is 9.96. The molecule has 4 N–H and O–H groups in total. The van der Waals surface area contributed by atoms with E-state index >= 15 is 0 Å². The van der Waals surface area contributed by atoms with Crippen LogP contribution >= 0.6 is 0 Å². The highest BCUT2D eigenvalue weighted by Crippen LogP contribution is 2.24. The molecule has 7 heteroatoms. The summed E-state index contributed by atoms with van der Waals surface area (Å²) in [6, 6.07) is 6.98. The lowest BCUT2D eigenvalue weighted by Crippen LogP contribution is -2.32. The van der Waals surface area contributed by atoms with Gasteiger partial charge in [0, 0.05) is 6.54 Å². The molecule has 0 amide bonds. The number of para-hydroxylation sites is 2. The van der Waals surface area contributed by atoms with Crippen LogP contribution in [0.2, 0.25) is 0 Å². The molecule has 1 saturated carbocycles. The summed E-state index contributed by atoms with van der Waals surface area (Å²) in [5, 5.41) is 9.41. The molecule has 1 fully saturated rings. The van der Waals surface area contributed by atoms with E-state index in [1.54, 1.807) is 24.3 Å². The van der Waals surface area contributed by atoms with Gasteiger partial charge in [0.05, 0.1) is 17.5 Å². The van der Waals surface area contributed by atoms with Crippen LogP contribution in [-0.4, -0.2) is 38.5 Å². The second-order valence-corrected chi connectivity index (χ2v) is 7.31. The van der Waals surface area contributed by atoms with Crippen LogP contribution in [-0.2, 0) is 10.0 Å². The van der Waals surface area contributed by atoms with E-state index in [9.17, 15) is 13.5 Å². The third kappa shape index (κ3) is 5.18. The molecule has 2 unspecified atom stereocenters. The number of hydrogen-bond donors (Lipinski definition) is 3. The second-order valence-electron chi connectivity index (χ2n) is 5.39. The summed E-state index contributed by atoms with van der Waals surface area (Å²) in [6.45, 7) is 0.434. The Labute approximate surface area is 125 Å². The molecular formula is C14H22N2O4S. The fraction of sp³-hybridized carbons (Fsp3) is 0.571. The molecule has 2 rings (SSSR count). The van der Waals surface area contributed by atoms with Crippen molar-refractivity contribution in [2.75, 3.05) is 24.6 Å². The van der Waals surface area contributed by atoms with Crippen LogP contribution < -0.4 is 15.2 Å². The first-order valence-electron chi connectivity index (χ1n) is 7.09. The molecule has 118 valence electrons. The molecule has 0 heterocycles. The van der Waals surface area contributed by atoms with Crippen molar-refractivity contribution in [3.63, 3.8) is 0 Å². The zero-order valence-corrected chi connectivity index (χ0v) is 12.7. The fourth-order valence-electron chi connectivity index (χ4n) is 2.42. The average Bonchev–Trinajstić information content (AvgIpc) is 2.85. The quantitative estimate of drug-likeness (QED) is 0.644. The van der Waals surface area contributed by atoms with E-state index < -0.39 is 10.0 Å². The average molecular weight is 314 g/mol. The van der Waals surface area contributed by atoms with Gasteiger partial charge in [-0.15, -0.1) is 0 Å². The number of nitrogens with two attached hydrogens (primary N) is 1. The summed E-state index contributed by atoms with van der Waals surface area (Å²) < 4.78 is 31.7. The van der Waals surface area contributed by atoms with E-state index in [1.165, 1.54) is 0 Å². The Balaban J connectivity index is 1.73. The first-order valence-corrected chi connectivity index (χ1v) is 8.74. The van der Waals surface area contributed by atoms with Crippen LogP contribution in [0.15, 0.2) is 24.3 Å². The molecular weight excluding hydrogens is 292 g/mol. The monoisotopic (exact) mass is 314 g/mol. The standard InChI is InChI=1S/C14H22N2O4S/c15-13-3-1-2-4-14(13)20-7-8-21(18,19)16-10-11-5-6-12(17)9-11/h1-4,11-12,16-17H,5-10,15H2. The summed E-state index contributed by atoms with van der Waals surface area (Å²) in [6.07, 6.45) is 1.99. The van der Waals surface area contributed by atoms with E-state index in [0.717, 1.165) is 12.8 Å². The second kappa shape index (κ2) is 7.11. The maximum absolute atomic E-state index is 11.9. The number of aliphatic hydroxyl groups is 1. The van der Waals surface area contributed by atoms with E-state index in [1.807, 2.05) is 0 Å². The molecule has 6 nitrogen and oxygen atoms in total. The molecule has 2 atom stereocenters. The Morgan fingerprint density at radius 3 is 2.76 bits per heavy atom.